The van der Waals surface area contributed by atoms with Crippen LogP contribution in [0.2, 0.25) is 0 Å². The van der Waals surface area contributed by atoms with Crippen LogP contribution in [0.4, 0.5) is 5.69 Å². The highest BCUT2D eigenvalue weighted by Crippen LogP contribution is 2.17. The lowest BCUT2D eigenvalue weighted by Crippen LogP contribution is -2.18. The van der Waals surface area contributed by atoms with Gasteiger partial charge in [0.2, 0.25) is 0 Å². The number of aryl methyl sites for hydroxylation is 1. The van der Waals surface area contributed by atoms with Crippen molar-refractivity contribution in [2.24, 2.45) is 12.1 Å². The summed E-state index contributed by atoms with van der Waals surface area (Å²) in [5.74, 6) is -0.463. The lowest BCUT2D eigenvalue weighted by Gasteiger charge is -1.97. The molecule has 0 saturated carbocycles. The van der Waals surface area contributed by atoms with Crippen LogP contribution in [0.1, 0.15) is 16.1 Å². The summed E-state index contributed by atoms with van der Waals surface area (Å²) < 4.78 is 1.89. The molecule has 0 fully saturated rings. The molecule has 0 spiro atoms. The number of nitro groups is 1. The second kappa shape index (κ2) is 6.79. The van der Waals surface area contributed by atoms with Crippen LogP contribution in [-0.4, -0.2) is 31.8 Å². The minimum absolute atomic E-state index is 0.0453. The summed E-state index contributed by atoms with van der Waals surface area (Å²) in [5.41, 5.74) is 4.58. The van der Waals surface area contributed by atoms with E-state index in [1.54, 1.807) is 18.2 Å². The van der Waals surface area contributed by atoms with Crippen molar-refractivity contribution in [1.29, 1.82) is 0 Å². The number of aromatic nitrogens is 3. The predicted molar refractivity (Wildman–Crippen MR) is 91.2 cm³/mol. The molecule has 0 radical (unpaired) electrons. The van der Waals surface area contributed by atoms with Crippen LogP contribution in [0.15, 0.2) is 53.8 Å². The third-order valence-corrected chi connectivity index (χ3v) is 3.49. The fraction of sp³-hybridized carbons (Fsp3) is 0.0625. The van der Waals surface area contributed by atoms with Crippen molar-refractivity contribution in [3.63, 3.8) is 0 Å². The van der Waals surface area contributed by atoms with E-state index in [-0.39, 0.29) is 11.4 Å². The van der Waals surface area contributed by atoms with E-state index < -0.39 is 10.8 Å². The SMILES string of the molecule is Cn1cccc1-c1cc(C(=O)N/N=C/c2cccc([N+](=O)[O-])c2)[nH]n1. The molecule has 1 aromatic carbocycles. The Kier molecular flexibility index (Phi) is 4.38. The van der Waals surface area contributed by atoms with Gasteiger partial charge in [-0.3, -0.25) is 20.0 Å². The van der Waals surface area contributed by atoms with Gasteiger partial charge >= 0.3 is 0 Å². The van der Waals surface area contributed by atoms with Gasteiger partial charge in [0.25, 0.3) is 11.6 Å². The number of H-pyrrole nitrogens is 1. The largest absolute Gasteiger partial charge is 0.349 e. The van der Waals surface area contributed by atoms with E-state index in [2.05, 4.69) is 20.7 Å². The maximum Gasteiger partial charge on any atom is 0.289 e. The first-order valence-corrected chi connectivity index (χ1v) is 7.29. The zero-order valence-corrected chi connectivity index (χ0v) is 13.2. The molecule has 0 atom stereocenters. The number of carbonyl (C=O) groups is 1. The third-order valence-electron chi connectivity index (χ3n) is 3.49. The molecular formula is C16H14N6O3. The zero-order valence-electron chi connectivity index (χ0n) is 13.2. The fourth-order valence-corrected chi connectivity index (χ4v) is 2.24. The number of nitrogens with zero attached hydrogens (tertiary/aromatic N) is 4. The standard InChI is InChI=1S/C16H14N6O3/c1-21-7-3-6-15(21)13-9-14(19-18-13)16(23)20-17-10-11-4-2-5-12(8-11)22(24)25/h2-10H,1H3,(H,18,19)(H,20,23)/b17-10+. The molecule has 0 aliphatic carbocycles. The average Bonchev–Trinajstić information content (AvgIpc) is 3.23. The van der Waals surface area contributed by atoms with Crippen molar-refractivity contribution < 1.29 is 9.72 Å². The molecule has 2 heterocycles. The van der Waals surface area contributed by atoms with Gasteiger partial charge in [0.15, 0.2) is 0 Å². The van der Waals surface area contributed by atoms with E-state index in [1.165, 1.54) is 18.3 Å². The molecule has 0 saturated heterocycles. The molecule has 3 aromatic rings. The number of amides is 1. The van der Waals surface area contributed by atoms with E-state index in [9.17, 15) is 14.9 Å². The lowest BCUT2D eigenvalue weighted by atomic mass is 10.2. The monoisotopic (exact) mass is 338 g/mol. The average molecular weight is 338 g/mol. The van der Waals surface area contributed by atoms with Crippen LogP contribution >= 0.6 is 0 Å². The molecule has 126 valence electrons. The van der Waals surface area contributed by atoms with Crippen LogP contribution in [0, 0.1) is 10.1 Å². The number of hydrogen-bond donors (Lipinski definition) is 2. The summed E-state index contributed by atoms with van der Waals surface area (Å²) in [6.45, 7) is 0. The van der Waals surface area contributed by atoms with Gasteiger partial charge in [-0.15, -0.1) is 0 Å². The molecule has 25 heavy (non-hydrogen) atoms. The van der Waals surface area contributed by atoms with Gasteiger partial charge in [0.05, 0.1) is 16.8 Å². The van der Waals surface area contributed by atoms with Crippen LogP contribution in [0.3, 0.4) is 0 Å². The van der Waals surface area contributed by atoms with Gasteiger partial charge in [-0.2, -0.15) is 10.2 Å². The Bertz CT molecular complexity index is 956. The maximum atomic E-state index is 12.1. The highest BCUT2D eigenvalue weighted by atomic mass is 16.6. The first-order chi connectivity index (χ1) is 12.0. The molecule has 0 bridgehead atoms. The van der Waals surface area contributed by atoms with Crippen molar-refractivity contribution in [1.82, 2.24) is 20.2 Å². The minimum atomic E-state index is -0.494. The summed E-state index contributed by atoms with van der Waals surface area (Å²) in [7, 11) is 1.88. The van der Waals surface area contributed by atoms with E-state index in [4.69, 9.17) is 0 Å². The van der Waals surface area contributed by atoms with Crippen LogP contribution < -0.4 is 5.43 Å². The molecule has 9 heteroatoms. The summed E-state index contributed by atoms with van der Waals surface area (Å²) in [5, 5.41) is 21.3. The second-order valence-corrected chi connectivity index (χ2v) is 5.22. The molecular weight excluding hydrogens is 324 g/mol. The first kappa shape index (κ1) is 16.1. The lowest BCUT2D eigenvalue weighted by molar-refractivity contribution is -0.384. The number of hydrazone groups is 1. The van der Waals surface area contributed by atoms with Gasteiger partial charge in [-0.05, 0) is 18.2 Å². The first-order valence-electron chi connectivity index (χ1n) is 7.29. The zero-order chi connectivity index (χ0) is 17.8. The van der Waals surface area contributed by atoms with Gasteiger partial charge in [-0.25, -0.2) is 5.43 Å². The van der Waals surface area contributed by atoms with Gasteiger partial charge < -0.3 is 4.57 Å². The number of aromatic amines is 1. The third kappa shape index (κ3) is 3.61. The topological polar surface area (TPSA) is 118 Å². The summed E-state index contributed by atoms with van der Waals surface area (Å²) in [6.07, 6.45) is 3.21. The smallest absolute Gasteiger partial charge is 0.289 e. The van der Waals surface area contributed by atoms with Crippen LogP contribution in [0.5, 0.6) is 0 Å². The summed E-state index contributed by atoms with van der Waals surface area (Å²) in [4.78, 5) is 22.3. The molecule has 0 aliphatic rings. The Morgan fingerprint density at radius 2 is 2.20 bits per heavy atom. The second-order valence-electron chi connectivity index (χ2n) is 5.22. The highest BCUT2D eigenvalue weighted by molar-refractivity contribution is 5.94. The van der Waals surface area contributed by atoms with Crippen molar-refractivity contribution in [2.45, 2.75) is 0 Å². The summed E-state index contributed by atoms with van der Waals surface area (Å²) in [6, 6.07) is 11.3. The predicted octanol–water partition coefficient (Wildman–Crippen LogP) is 2.09. The Hall–Kier alpha value is -3.75. The number of nitrogens with one attached hydrogen (secondary N) is 2. The molecule has 1 amide bonds. The van der Waals surface area contributed by atoms with Gasteiger partial charge in [0, 0.05) is 30.9 Å². The van der Waals surface area contributed by atoms with Crippen molar-refractivity contribution in [3.8, 4) is 11.4 Å². The fourth-order valence-electron chi connectivity index (χ4n) is 2.24. The number of hydrogen-bond acceptors (Lipinski definition) is 5. The molecule has 0 aliphatic heterocycles. The van der Waals surface area contributed by atoms with Gasteiger partial charge in [0.1, 0.15) is 11.4 Å². The quantitative estimate of drug-likeness (QED) is 0.420. The van der Waals surface area contributed by atoms with Crippen molar-refractivity contribution in [3.05, 3.63) is 70.0 Å². The Morgan fingerprint density at radius 3 is 2.92 bits per heavy atom. The van der Waals surface area contributed by atoms with E-state index >= 15 is 0 Å². The minimum Gasteiger partial charge on any atom is -0.349 e. The number of non-ortho nitro benzene ring substituents is 1. The van der Waals surface area contributed by atoms with E-state index in [1.807, 2.05) is 29.9 Å². The van der Waals surface area contributed by atoms with Crippen LogP contribution in [-0.2, 0) is 7.05 Å². The molecule has 3 rings (SSSR count). The van der Waals surface area contributed by atoms with Crippen molar-refractivity contribution >= 4 is 17.8 Å². The highest BCUT2D eigenvalue weighted by Gasteiger charge is 2.12. The summed E-state index contributed by atoms with van der Waals surface area (Å²) >= 11 is 0. The maximum absolute atomic E-state index is 12.1. The van der Waals surface area contributed by atoms with Crippen molar-refractivity contribution in [2.75, 3.05) is 0 Å². The number of carbonyl (C=O) groups excluding carboxylic acids is 1. The Balaban J connectivity index is 1.67. The molecule has 0 unspecified atom stereocenters. The number of nitro benzene ring substituents is 1. The Morgan fingerprint density at radius 1 is 1.36 bits per heavy atom. The Labute approximate surface area is 142 Å². The van der Waals surface area contributed by atoms with Crippen LogP contribution in [0.25, 0.3) is 11.4 Å². The molecule has 9 nitrogen and oxygen atoms in total. The van der Waals surface area contributed by atoms with Gasteiger partial charge in [-0.1, -0.05) is 12.1 Å². The van der Waals surface area contributed by atoms with E-state index in [0.717, 1.165) is 5.69 Å². The molecule has 2 N–H and O–H groups in total. The number of rotatable bonds is 5. The normalized spacial score (nSPS) is 10.9. The van der Waals surface area contributed by atoms with E-state index in [0.29, 0.717) is 11.3 Å². The number of benzene rings is 1. The molecule has 2 aromatic heterocycles.